The number of carboxylic acids is 1. The first-order valence-corrected chi connectivity index (χ1v) is 6.57. The number of hydrogen-bond donors (Lipinski definition) is 2. The summed E-state index contributed by atoms with van der Waals surface area (Å²) in [6, 6.07) is 6.64. The molecule has 20 heavy (non-hydrogen) atoms. The molecule has 6 heteroatoms. The van der Waals surface area contributed by atoms with Crippen LogP contribution in [0.3, 0.4) is 0 Å². The Bertz CT molecular complexity index is 583. The normalized spacial score (nSPS) is 30.4. The van der Waals surface area contributed by atoms with Gasteiger partial charge in [-0.2, -0.15) is 0 Å². The molecule has 3 rings (SSSR count). The van der Waals surface area contributed by atoms with Crippen molar-refractivity contribution in [2.45, 2.75) is 12.2 Å². The Morgan fingerprint density at radius 3 is 2.30 bits per heavy atom. The van der Waals surface area contributed by atoms with Crippen LogP contribution in [0.15, 0.2) is 36.4 Å². The van der Waals surface area contributed by atoms with Crippen LogP contribution in [-0.2, 0) is 14.3 Å². The molecule has 1 fully saturated rings. The highest BCUT2D eigenvalue weighted by molar-refractivity contribution is 6.30. The SMILES string of the molecule is O=C(O)[C@@H]1[C@@H](C(=O)Nc2ccc(Cl)cc2)[C@H]2C=C[C@@H]1O2. The second-order valence-corrected chi connectivity index (χ2v) is 5.27. The van der Waals surface area contributed by atoms with Gasteiger partial charge in [-0.3, -0.25) is 9.59 Å². The summed E-state index contributed by atoms with van der Waals surface area (Å²) >= 11 is 5.77. The zero-order valence-corrected chi connectivity index (χ0v) is 11.1. The van der Waals surface area contributed by atoms with Crippen LogP contribution in [0.1, 0.15) is 0 Å². The minimum atomic E-state index is -1.02. The molecule has 2 N–H and O–H groups in total. The number of ether oxygens (including phenoxy) is 1. The predicted molar refractivity (Wildman–Crippen MR) is 72.5 cm³/mol. The number of halogens is 1. The highest BCUT2D eigenvalue weighted by Gasteiger charge is 2.53. The molecule has 4 atom stereocenters. The van der Waals surface area contributed by atoms with Gasteiger partial charge in [0.2, 0.25) is 5.91 Å². The molecule has 5 nitrogen and oxygen atoms in total. The Kier molecular flexibility index (Phi) is 3.23. The fourth-order valence-corrected chi connectivity index (χ4v) is 2.80. The van der Waals surface area contributed by atoms with E-state index < -0.39 is 30.0 Å². The maximum absolute atomic E-state index is 12.3. The standard InChI is InChI=1S/C14H12ClNO4/c15-7-1-3-8(4-2-7)16-13(17)11-9-5-6-10(20-9)12(11)14(18)19/h1-6,9-12H,(H,16,17)(H,18,19)/t9-,10+,11+,12+/m1/s1. The third kappa shape index (κ3) is 2.19. The number of fused-ring (bicyclic) bond motifs is 2. The number of rotatable bonds is 3. The van der Waals surface area contributed by atoms with E-state index in [4.69, 9.17) is 16.3 Å². The number of carboxylic acid groups (broad SMARTS) is 1. The molecule has 104 valence electrons. The first kappa shape index (κ1) is 13.1. The molecule has 0 radical (unpaired) electrons. The number of nitrogens with one attached hydrogen (secondary N) is 1. The molecule has 2 heterocycles. The fourth-order valence-electron chi connectivity index (χ4n) is 2.67. The van der Waals surface area contributed by atoms with E-state index in [0.29, 0.717) is 10.7 Å². The van der Waals surface area contributed by atoms with Crippen LogP contribution >= 0.6 is 11.6 Å². The second-order valence-electron chi connectivity index (χ2n) is 4.84. The molecular formula is C14H12ClNO4. The smallest absolute Gasteiger partial charge is 0.310 e. The molecule has 0 saturated carbocycles. The highest BCUT2D eigenvalue weighted by atomic mass is 35.5. The average molecular weight is 294 g/mol. The lowest BCUT2D eigenvalue weighted by Crippen LogP contribution is -2.39. The van der Waals surface area contributed by atoms with Crippen LogP contribution in [0.5, 0.6) is 0 Å². The molecule has 1 saturated heterocycles. The van der Waals surface area contributed by atoms with Crippen molar-refractivity contribution in [3.05, 3.63) is 41.4 Å². The number of benzene rings is 1. The molecule has 0 unspecified atom stereocenters. The number of hydrogen-bond acceptors (Lipinski definition) is 3. The summed E-state index contributed by atoms with van der Waals surface area (Å²) in [6.45, 7) is 0. The lowest BCUT2D eigenvalue weighted by molar-refractivity contribution is -0.145. The van der Waals surface area contributed by atoms with Crippen molar-refractivity contribution in [2.75, 3.05) is 5.32 Å². The Balaban J connectivity index is 1.78. The van der Waals surface area contributed by atoms with Gasteiger partial charge in [-0.25, -0.2) is 0 Å². The first-order chi connectivity index (χ1) is 9.56. The predicted octanol–water partition coefficient (Wildman–Crippen LogP) is 1.93. The van der Waals surface area contributed by atoms with E-state index in [2.05, 4.69) is 5.32 Å². The van der Waals surface area contributed by atoms with E-state index in [-0.39, 0.29) is 5.91 Å². The molecule has 2 aliphatic heterocycles. The van der Waals surface area contributed by atoms with Crippen LogP contribution in [0.2, 0.25) is 5.02 Å². The van der Waals surface area contributed by atoms with Gasteiger partial charge in [-0.15, -0.1) is 0 Å². The quantitative estimate of drug-likeness (QED) is 0.835. The molecule has 0 spiro atoms. The summed E-state index contributed by atoms with van der Waals surface area (Å²) in [5.41, 5.74) is 0.579. The van der Waals surface area contributed by atoms with Crippen molar-refractivity contribution in [1.29, 1.82) is 0 Å². The summed E-state index contributed by atoms with van der Waals surface area (Å²) < 4.78 is 5.46. The van der Waals surface area contributed by atoms with Crippen LogP contribution in [-0.4, -0.2) is 29.2 Å². The Morgan fingerprint density at radius 1 is 1.10 bits per heavy atom. The van der Waals surface area contributed by atoms with Gasteiger partial charge in [-0.05, 0) is 24.3 Å². The van der Waals surface area contributed by atoms with Crippen molar-refractivity contribution < 1.29 is 19.4 Å². The van der Waals surface area contributed by atoms with Crippen molar-refractivity contribution in [3.63, 3.8) is 0 Å². The summed E-state index contributed by atoms with van der Waals surface area (Å²) in [6.07, 6.45) is 2.47. The largest absolute Gasteiger partial charge is 0.481 e. The van der Waals surface area contributed by atoms with E-state index in [9.17, 15) is 14.7 Å². The molecule has 1 aromatic rings. The molecular weight excluding hydrogens is 282 g/mol. The van der Waals surface area contributed by atoms with Gasteiger partial charge in [0.1, 0.15) is 5.92 Å². The molecule has 1 aromatic carbocycles. The Hall–Kier alpha value is -1.85. The van der Waals surface area contributed by atoms with Gasteiger partial charge in [0.15, 0.2) is 0 Å². The second kappa shape index (κ2) is 4.92. The number of aliphatic carboxylic acids is 1. The van der Waals surface area contributed by atoms with Gasteiger partial charge in [-0.1, -0.05) is 23.8 Å². The maximum Gasteiger partial charge on any atom is 0.310 e. The van der Waals surface area contributed by atoms with E-state index in [1.54, 1.807) is 36.4 Å². The third-order valence-electron chi connectivity index (χ3n) is 3.60. The van der Waals surface area contributed by atoms with Gasteiger partial charge < -0.3 is 15.2 Å². The average Bonchev–Trinajstić information content (AvgIpc) is 3.01. The van der Waals surface area contributed by atoms with Crippen molar-refractivity contribution in [1.82, 2.24) is 0 Å². The van der Waals surface area contributed by atoms with Crippen molar-refractivity contribution in [2.24, 2.45) is 11.8 Å². The summed E-state index contributed by atoms with van der Waals surface area (Å²) in [5, 5.41) is 12.5. The van der Waals surface area contributed by atoms with Crippen LogP contribution in [0.25, 0.3) is 0 Å². The van der Waals surface area contributed by atoms with Crippen LogP contribution in [0.4, 0.5) is 5.69 Å². The van der Waals surface area contributed by atoms with Crippen molar-refractivity contribution in [3.8, 4) is 0 Å². The zero-order chi connectivity index (χ0) is 14.3. The number of carbonyl (C=O) groups excluding carboxylic acids is 1. The molecule has 1 amide bonds. The lowest BCUT2D eigenvalue weighted by Gasteiger charge is -2.20. The van der Waals surface area contributed by atoms with Gasteiger partial charge in [0, 0.05) is 10.7 Å². The van der Waals surface area contributed by atoms with Gasteiger partial charge in [0.05, 0.1) is 18.1 Å². The molecule has 2 aliphatic rings. The van der Waals surface area contributed by atoms with Gasteiger partial charge in [0.25, 0.3) is 0 Å². The summed E-state index contributed by atoms with van der Waals surface area (Å²) in [7, 11) is 0. The third-order valence-corrected chi connectivity index (χ3v) is 3.85. The molecule has 2 bridgehead atoms. The Morgan fingerprint density at radius 2 is 1.70 bits per heavy atom. The fraction of sp³-hybridized carbons (Fsp3) is 0.286. The first-order valence-electron chi connectivity index (χ1n) is 6.19. The lowest BCUT2D eigenvalue weighted by atomic mass is 9.82. The maximum atomic E-state index is 12.3. The monoisotopic (exact) mass is 293 g/mol. The number of anilines is 1. The van der Waals surface area contributed by atoms with Crippen molar-refractivity contribution >= 4 is 29.2 Å². The van der Waals surface area contributed by atoms with Crippen LogP contribution in [0, 0.1) is 11.8 Å². The van der Waals surface area contributed by atoms with E-state index in [1.165, 1.54) is 0 Å². The van der Waals surface area contributed by atoms with Gasteiger partial charge >= 0.3 is 5.97 Å². The summed E-state index contributed by atoms with van der Waals surface area (Å²) in [4.78, 5) is 23.6. The minimum Gasteiger partial charge on any atom is -0.481 e. The van der Waals surface area contributed by atoms with Crippen LogP contribution < -0.4 is 5.32 Å². The molecule has 0 aliphatic carbocycles. The molecule has 0 aromatic heterocycles. The highest BCUT2D eigenvalue weighted by Crippen LogP contribution is 2.39. The number of carbonyl (C=O) groups is 2. The summed E-state index contributed by atoms with van der Waals surface area (Å²) in [5.74, 6) is -2.91. The van der Waals surface area contributed by atoms with E-state index in [0.717, 1.165) is 0 Å². The Labute approximate surface area is 120 Å². The minimum absolute atomic E-state index is 0.350. The number of amides is 1. The topological polar surface area (TPSA) is 75.6 Å². The zero-order valence-electron chi connectivity index (χ0n) is 10.3. The van der Waals surface area contributed by atoms with E-state index in [1.807, 2.05) is 0 Å². The van der Waals surface area contributed by atoms with E-state index >= 15 is 0 Å².